The van der Waals surface area contributed by atoms with E-state index in [0.29, 0.717) is 5.02 Å². The summed E-state index contributed by atoms with van der Waals surface area (Å²) in [5.74, 6) is -1.58. The summed E-state index contributed by atoms with van der Waals surface area (Å²) in [5.41, 5.74) is 0.766. The van der Waals surface area contributed by atoms with Gasteiger partial charge in [0.1, 0.15) is 29.0 Å². The van der Waals surface area contributed by atoms with Crippen LogP contribution in [-0.2, 0) is 26.0 Å². The van der Waals surface area contributed by atoms with Crippen molar-refractivity contribution in [1.82, 2.24) is 19.0 Å². The van der Waals surface area contributed by atoms with E-state index in [4.69, 9.17) is 23.2 Å². The Balaban J connectivity index is 1.85. The molecule has 2 aliphatic heterocycles. The van der Waals surface area contributed by atoms with Gasteiger partial charge in [-0.25, -0.2) is 12.8 Å². The van der Waals surface area contributed by atoms with Gasteiger partial charge in [-0.2, -0.15) is 4.31 Å². The second-order valence-electron chi connectivity index (χ2n) is 9.79. The van der Waals surface area contributed by atoms with Gasteiger partial charge in [0.05, 0.1) is 6.54 Å². The largest absolute Gasteiger partial charge is 0.335 e. The van der Waals surface area contributed by atoms with Gasteiger partial charge in [-0.15, -0.1) is 0 Å². The predicted molar refractivity (Wildman–Crippen MR) is 139 cm³/mol. The molecule has 12 heteroatoms. The van der Waals surface area contributed by atoms with E-state index in [2.05, 4.69) is 0 Å². The molecule has 0 spiro atoms. The number of likely N-dealkylation sites (N-methyl/N-ethyl adjacent to an activating group) is 1. The van der Waals surface area contributed by atoms with Crippen LogP contribution in [0.15, 0.2) is 47.4 Å². The average molecular weight is 572 g/mol. The molecule has 8 nitrogen and oxygen atoms in total. The van der Waals surface area contributed by atoms with Gasteiger partial charge in [0, 0.05) is 29.1 Å². The van der Waals surface area contributed by atoms with E-state index in [0.717, 1.165) is 22.0 Å². The van der Waals surface area contributed by atoms with E-state index < -0.39 is 39.0 Å². The number of halogens is 3. The topological polar surface area (TPSA) is 81.2 Å². The van der Waals surface area contributed by atoms with E-state index in [1.54, 1.807) is 48.2 Å². The monoisotopic (exact) mass is 570 g/mol. The average Bonchev–Trinajstić information content (AvgIpc) is 2.82. The maximum Gasteiger partial charge on any atom is 0.247 e. The molecular weight excluding hydrogens is 542 g/mol. The molecule has 2 amide bonds. The number of carbonyl (C=O) groups excluding carboxylic acids is 2. The van der Waals surface area contributed by atoms with E-state index in [9.17, 15) is 22.4 Å². The minimum Gasteiger partial charge on any atom is -0.335 e. The second kappa shape index (κ2) is 10.5. The molecule has 0 N–H and O–H groups in total. The summed E-state index contributed by atoms with van der Waals surface area (Å²) >= 11 is 12.1. The molecule has 0 radical (unpaired) electrons. The summed E-state index contributed by atoms with van der Waals surface area (Å²) in [5, 5.41) is 0.597. The van der Waals surface area contributed by atoms with Crippen LogP contribution in [0.4, 0.5) is 4.39 Å². The Hall–Kier alpha value is -2.24. The lowest BCUT2D eigenvalue weighted by Gasteiger charge is -2.54. The lowest BCUT2D eigenvalue weighted by atomic mass is 9.96. The summed E-state index contributed by atoms with van der Waals surface area (Å²) in [4.78, 5) is 31.4. The molecule has 3 unspecified atom stereocenters. The summed E-state index contributed by atoms with van der Waals surface area (Å²) in [6.45, 7) is 3.42. The quantitative estimate of drug-likeness (QED) is 0.533. The molecule has 37 heavy (non-hydrogen) atoms. The van der Waals surface area contributed by atoms with Crippen molar-refractivity contribution in [1.29, 1.82) is 0 Å². The zero-order chi connectivity index (χ0) is 27.2. The van der Waals surface area contributed by atoms with Crippen molar-refractivity contribution in [2.45, 2.75) is 49.5 Å². The number of nitrogens with zero attached hydrogens (tertiary/aromatic N) is 4. The maximum absolute atomic E-state index is 14.8. The van der Waals surface area contributed by atoms with Gasteiger partial charge in [0.15, 0.2) is 0 Å². The smallest absolute Gasteiger partial charge is 0.247 e. The number of hydrogen-bond acceptors (Lipinski definition) is 5. The first-order valence-electron chi connectivity index (χ1n) is 11.8. The molecule has 2 heterocycles. The van der Waals surface area contributed by atoms with Gasteiger partial charge < -0.3 is 9.80 Å². The van der Waals surface area contributed by atoms with Crippen molar-refractivity contribution < 1.29 is 22.4 Å². The minimum atomic E-state index is -4.45. The molecule has 0 bridgehead atoms. The first kappa shape index (κ1) is 27.8. The predicted octanol–water partition coefficient (Wildman–Crippen LogP) is 3.08. The van der Waals surface area contributed by atoms with Gasteiger partial charge in [-0.1, -0.05) is 35.3 Å². The van der Waals surface area contributed by atoms with Gasteiger partial charge in [0.25, 0.3) is 0 Å². The molecule has 0 aromatic heterocycles. The zero-order valence-corrected chi connectivity index (χ0v) is 23.3. The molecule has 4 rings (SSSR count). The van der Waals surface area contributed by atoms with Crippen molar-refractivity contribution in [3.05, 3.63) is 63.9 Å². The summed E-state index contributed by atoms with van der Waals surface area (Å²) in [6, 6.07) is 8.18. The Kier molecular flexibility index (Phi) is 7.88. The fraction of sp³-hybridized carbons (Fsp3) is 0.440. The summed E-state index contributed by atoms with van der Waals surface area (Å²) in [6.07, 6.45) is -0.856. The molecule has 200 valence electrons. The summed E-state index contributed by atoms with van der Waals surface area (Å²) in [7, 11) is -1.12. The lowest BCUT2D eigenvalue weighted by molar-refractivity contribution is -0.171. The van der Waals surface area contributed by atoms with Crippen LogP contribution in [0.5, 0.6) is 0 Å². The maximum atomic E-state index is 14.8. The number of piperazine rings is 1. The number of rotatable bonds is 6. The lowest BCUT2D eigenvalue weighted by Crippen LogP contribution is -2.76. The highest BCUT2D eigenvalue weighted by molar-refractivity contribution is 7.89. The molecule has 2 saturated heterocycles. The fourth-order valence-corrected chi connectivity index (χ4v) is 6.91. The molecule has 0 saturated carbocycles. The SMILES string of the molecule is CC(C)N1CC2N(C(=O)C(N(C)C)CN2S(=O)(=O)c2cc(Cl)ccc2F)C(Cc2ccc(Cl)cc2)C1=O. The molecule has 2 aromatic rings. The van der Waals surface area contributed by atoms with Crippen molar-refractivity contribution in [2.75, 3.05) is 27.2 Å². The van der Waals surface area contributed by atoms with E-state index in [-0.39, 0.29) is 42.4 Å². The number of benzene rings is 2. The van der Waals surface area contributed by atoms with Gasteiger partial charge in [0.2, 0.25) is 21.8 Å². The molecule has 2 aliphatic rings. The number of sulfonamides is 1. The van der Waals surface area contributed by atoms with Crippen LogP contribution < -0.4 is 0 Å². The van der Waals surface area contributed by atoms with Crippen LogP contribution in [-0.4, -0.2) is 90.7 Å². The van der Waals surface area contributed by atoms with Crippen LogP contribution in [0, 0.1) is 5.82 Å². The summed E-state index contributed by atoms with van der Waals surface area (Å²) < 4.78 is 43.7. The van der Waals surface area contributed by atoms with E-state index in [1.165, 1.54) is 11.0 Å². The highest BCUT2D eigenvalue weighted by Gasteiger charge is 2.54. The highest BCUT2D eigenvalue weighted by atomic mass is 35.5. The van der Waals surface area contributed by atoms with Crippen LogP contribution in [0.3, 0.4) is 0 Å². The van der Waals surface area contributed by atoms with E-state index >= 15 is 0 Å². The van der Waals surface area contributed by atoms with Crippen LogP contribution in [0.25, 0.3) is 0 Å². The number of carbonyl (C=O) groups is 2. The molecule has 2 fully saturated rings. The second-order valence-corrected chi connectivity index (χ2v) is 12.5. The number of fused-ring (bicyclic) bond motifs is 1. The Morgan fingerprint density at radius 1 is 1.00 bits per heavy atom. The zero-order valence-electron chi connectivity index (χ0n) is 20.9. The number of amides is 2. The first-order valence-corrected chi connectivity index (χ1v) is 14.0. The minimum absolute atomic E-state index is 0.0408. The third-order valence-electron chi connectivity index (χ3n) is 6.88. The normalized spacial score (nSPS) is 23.2. The molecule has 3 atom stereocenters. The Morgan fingerprint density at radius 3 is 2.22 bits per heavy atom. The van der Waals surface area contributed by atoms with Crippen LogP contribution in [0.1, 0.15) is 19.4 Å². The number of hydrogen-bond donors (Lipinski definition) is 0. The third-order valence-corrected chi connectivity index (χ3v) is 9.24. The van der Waals surface area contributed by atoms with Crippen molar-refractivity contribution in [3.63, 3.8) is 0 Å². The van der Waals surface area contributed by atoms with Gasteiger partial charge >= 0.3 is 0 Å². The Bertz CT molecular complexity index is 1310. The van der Waals surface area contributed by atoms with Crippen molar-refractivity contribution in [2.24, 2.45) is 0 Å². The molecule has 0 aliphatic carbocycles. The molecular formula is C25H29Cl2FN4O4S. The van der Waals surface area contributed by atoms with Gasteiger partial charge in [-0.3, -0.25) is 14.5 Å². The highest BCUT2D eigenvalue weighted by Crippen LogP contribution is 2.34. The van der Waals surface area contributed by atoms with Gasteiger partial charge in [-0.05, 0) is 63.8 Å². The van der Waals surface area contributed by atoms with Crippen molar-refractivity contribution >= 4 is 45.0 Å². The standard InChI is InChI=1S/C25H29Cl2FN4O4S/c1-15(2)30-14-23-31(37(35,36)22-12-18(27)9-10-19(22)28)13-21(29(3)4)25(34)32(23)20(24(30)33)11-16-5-7-17(26)8-6-16/h5-10,12,15,20-21,23H,11,13-14H2,1-4H3. The third kappa shape index (κ3) is 5.22. The van der Waals surface area contributed by atoms with Crippen LogP contribution >= 0.6 is 23.2 Å². The molecule has 2 aromatic carbocycles. The Morgan fingerprint density at radius 2 is 1.62 bits per heavy atom. The first-order chi connectivity index (χ1) is 17.3. The Labute approximate surface area is 226 Å². The van der Waals surface area contributed by atoms with Crippen molar-refractivity contribution in [3.8, 4) is 0 Å². The fourth-order valence-electron chi connectivity index (χ4n) is 4.88. The van der Waals surface area contributed by atoms with Crippen LogP contribution in [0.2, 0.25) is 10.0 Å². The van der Waals surface area contributed by atoms with E-state index in [1.807, 2.05) is 13.8 Å².